The Morgan fingerprint density at radius 1 is 0.756 bits per heavy atom. The maximum Gasteiger partial charge on any atom is 0.480 e. The van der Waals surface area contributed by atoms with Crippen molar-refractivity contribution >= 4 is 82.1 Å². The molecule has 9 heterocycles. The first kappa shape index (κ1) is 57.6. The topological polar surface area (TPSA) is 542 Å². The quantitative estimate of drug-likeness (QED) is 0.0239. The molecule has 38 nitrogen and oxygen atoms in total. The lowest BCUT2D eigenvalue weighted by molar-refractivity contribution is -0.646. The van der Waals surface area contributed by atoms with Crippen LogP contribution >= 0.6 is 30.9 Å². The second kappa shape index (κ2) is 21.7. The fourth-order valence-electron chi connectivity index (χ4n) is 9.38. The highest BCUT2D eigenvalue weighted by Gasteiger charge is 2.55. The van der Waals surface area contributed by atoms with Crippen LogP contribution in [0.3, 0.4) is 0 Å². The molecule has 0 radical (unpaired) electrons. The minimum absolute atomic E-state index is 0.00297. The van der Waals surface area contributed by atoms with E-state index in [2.05, 4.69) is 44.2 Å². The molecule has 0 aromatic carbocycles. The number of phosphoric ester groups is 1. The van der Waals surface area contributed by atoms with E-state index in [0.717, 1.165) is 30.7 Å². The highest BCUT2D eigenvalue weighted by Crippen LogP contribution is 2.63. The van der Waals surface area contributed by atoms with Gasteiger partial charge in [-0.15, -0.1) is 4.86 Å². The van der Waals surface area contributed by atoms with Crippen molar-refractivity contribution in [2.24, 2.45) is 13.0 Å². The van der Waals surface area contributed by atoms with Crippen LogP contribution in [0.2, 0.25) is 0 Å². The summed E-state index contributed by atoms with van der Waals surface area (Å²) in [6.07, 6.45) is -10.9. The molecule has 0 saturated carbocycles. The van der Waals surface area contributed by atoms with Gasteiger partial charge in [-0.1, -0.05) is 0 Å². The van der Waals surface area contributed by atoms with Gasteiger partial charge in [0.2, 0.25) is 24.5 Å². The van der Waals surface area contributed by atoms with Gasteiger partial charge in [-0.25, -0.2) is 38.2 Å². The van der Waals surface area contributed by atoms with Crippen molar-refractivity contribution in [2.45, 2.75) is 73.5 Å². The van der Waals surface area contributed by atoms with Gasteiger partial charge in [0.15, 0.2) is 35.1 Å². The summed E-state index contributed by atoms with van der Waals surface area (Å²) in [7, 11) is -16.9. The molecule has 42 heteroatoms. The van der Waals surface area contributed by atoms with Crippen LogP contribution in [-0.2, 0) is 62.1 Å². The Morgan fingerprint density at radius 3 is 2.05 bits per heavy atom. The Balaban J connectivity index is 0.892. The molecule has 3 aliphatic heterocycles. The molecule has 6 aromatic rings. The van der Waals surface area contributed by atoms with Crippen LogP contribution in [-0.4, -0.2) is 184 Å². The number of hydrogen-bond donors (Lipinski definition) is 12. The number of nitrogens with two attached hydrogens (primary N) is 3. The standard InChI is InChI=1S/C36H53N17O21P4/c1-49(2)6-5-14-15(71-32(21(14)54)53-13-50(3)20-29(53)45-36(39)47-31(20)58)7-70-78(65,66)74-77(63,64)48-76(61,62)69-9-17-25(24(67-4)34(73-17)51-11-42-18-26(37)40-10-41-27(18)51)75(59,60)68-8-16-22(55)23(56)33(72-16)52-12-43-19-28(52)44-35(38)46-30(19)57/h10-17,21-25,32-34,54-56H,5-9H2,1-4H3,(H12-,37,38,39,40,41,44,45,46,47,48,57,58,59,60,61,62,63,64,65,66)/t14-,15-,16-,17?,21-,22-,23-,24-,25-,32?,33-,34-/m1/s1. The molecule has 6 aromatic heterocycles. The van der Waals surface area contributed by atoms with E-state index in [-0.39, 0.29) is 57.6 Å². The van der Waals surface area contributed by atoms with Gasteiger partial charge >= 0.3 is 28.9 Å². The molecule has 428 valence electrons. The van der Waals surface area contributed by atoms with E-state index >= 15 is 0 Å². The molecule has 15 N–H and O–H groups in total. The molecule has 0 bridgehead atoms. The van der Waals surface area contributed by atoms with Crippen molar-refractivity contribution in [3.8, 4) is 0 Å². The third kappa shape index (κ3) is 11.5. The van der Waals surface area contributed by atoms with Crippen LogP contribution in [0.4, 0.5) is 17.7 Å². The summed E-state index contributed by atoms with van der Waals surface area (Å²) in [6.45, 7) is -2.79. The number of aromatic nitrogens is 12. The monoisotopic (exact) mass is 1180 g/mol. The highest BCUT2D eigenvalue weighted by molar-refractivity contribution is 7.71. The molecule has 0 amide bonds. The molecule has 9 rings (SSSR count). The SMILES string of the molecule is CO[C@H]1[C@H](n2cnc3c(N)ncnc32)OC(COP(=O)(O)NP(=O)(O)OP(=O)(O)OC[C@H]2OC(n3c[n+](C)c4c(=O)[nH]c(N)nc43)[C@H](O)[C@@H]2CCN(C)C)[C@H]1P(=O)([O-])OC[C@H]1O[C@@H](n2cnc3c(=O)[nH]c(N)nc32)[C@H](O)[C@@H]1O. The van der Waals surface area contributed by atoms with Gasteiger partial charge in [0, 0.05) is 13.0 Å². The number of H-pyrrole nitrogens is 2. The van der Waals surface area contributed by atoms with Crippen molar-refractivity contribution in [3.63, 3.8) is 0 Å². The first-order valence-electron chi connectivity index (χ1n) is 22.9. The summed E-state index contributed by atoms with van der Waals surface area (Å²) in [4.78, 5) is 103. The number of rotatable bonds is 21. The maximum atomic E-state index is 14.4. The predicted octanol–water partition coefficient (Wildman–Crippen LogP) is -4.49. The summed E-state index contributed by atoms with van der Waals surface area (Å²) in [6, 6.07) is 0. The fraction of sp³-hybridized carbons (Fsp3) is 0.583. The van der Waals surface area contributed by atoms with Crippen molar-refractivity contribution in [3.05, 3.63) is 46.0 Å². The van der Waals surface area contributed by atoms with Gasteiger partial charge in [0.25, 0.3) is 16.7 Å². The average Bonchev–Trinajstić information content (AvgIpc) is 4.37. The van der Waals surface area contributed by atoms with E-state index in [1.807, 2.05) is 0 Å². The Bertz CT molecular complexity index is 3540. The molecule has 3 saturated heterocycles. The largest absolute Gasteiger partial charge is 0.778 e. The fourth-order valence-corrected chi connectivity index (χ4v) is 15.1. The van der Waals surface area contributed by atoms with Crippen LogP contribution in [0.25, 0.3) is 33.5 Å². The van der Waals surface area contributed by atoms with E-state index < -0.39 is 135 Å². The molecule has 78 heavy (non-hydrogen) atoms. The second-order valence-corrected chi connectivity index (χ2v) is 25.3. The third-order valence-corrected chi connectivity index (χ3v) is 19.4. The normalized spacial score (nSPS) is 29.8. The van der Waals surface area contributed by atoms with E-state index in [1.54, 1.807) is 19.0 Å². The van der Waals surface area contributed by atoms with Crippen molar-refractivity contribution in [1.29, 1.82) is 0 Å². The van der Waals surface area contributed by atoms with Gasteiger partial charge in [-0.05, 0) is 27.1 Å². The number of aromatic amines is 2. The summed E-state index contributed by atoms with van der Waals surface area (Å²) in [5.41, 5.74) is 13.8. The van der Waals surface area contributed by atoms with Crippen LogP contribution in [0.5, 0.6) is 0 Å². The van der Waals surface area contributed by atoms with Gasteiger partial charge in [-0.3, -0.25) is 37.7 Å². The second-order valence-electron chi connectivity index (χ2n) is 18.3. The summed E-state index contributed by atoms with van der Waals surface area (Å²) in [5.74, 6) is -1.51. The molecule has 0 aliphatic carbocycles. The minimum atomic E-state index is -5.95. The Morgan fingerprint density at radius 2 is 1.36 bits per heavy atom. The van der Waals surface area contributed by atoms with E-state index in [0.29, 0.717) is 6.54 Å². The summed E-state index contributed by atoms with van der Waals surface area (Å²) in [5, 5.41) is 33.5. The van der Waals surface area contributed by atoms with Crippen LogP contribution in [0, 0.1) is 5.92 Å². The molecule has 3 fully saturated rings. The van der Waals surface area contributed by atoms with Gasteiger partial charge in [-0.2, -0.15) is 18.8 Å². The number of methoxy groups -OCH3 is 1. The number of hydrogen-bond acceptors (Lipinski definition) is 28. The Hall–Kier alpha value is -5.11. The first-order valence-corrected chi connectivity index (χ1v) is 29.2. The Labute approximate surface area is 436 Å². The van der Waals surface area contributed by atoms with E-state index in [9.17, 15) is 62.7 Å². The van der Waals surface area contributed by atoms with E-state index in [1.165, 1.54) is 31.9 Å². The first-order chi connectivity index (χ1) is 36.6. The number of anilines is 3. The number of imidazole rings is 3. The number of ether oxygens (including phenoxy) is 4. The number of nitrogens with zero attached hydrogens (tertiary/aromatic N) is 11. The van der Waals surface area contributed by atoms with Crippen molar-refractivity contribution in [2.75, 3.05) is 64.8 Å². The molecule has 3 aliphatic rings. The third-order valence-electron chi connectivity index (χ3n) is 12.9. The van der Waals surface area contributed by atoms with Crippen LogP contribution in [0.15, 0.2) is 34.9 Å². The van der Waals surface area contributed by atoms with Gasteiger partial charge < -0.3 is 85.0 Å². The summed E-state index contributed by atoms with van der Waals surface area (Å²) < 4.78 is 103. The van der Waals surface area contributed by atoms with Crippen molar-refractivity contribution in [1.82, 2.24) is 63.3 Å². The number of aliphatic hydroxyl groups excluding tert-OH is 3. The highest BCUT2D eigenvalue weighted by atomic mass is 31.3. The van der Waals surface area contributed by atoms with E-state index in [4.69, 9.17) is 49.7 Å². The molecular formula is C36H53N17O21P4. The average molecular weight is 1180 g/mol. The van der Waals surface area contributed by atoms with Gasteiger partial charge in [0.1, 0.15) is 50.0 Å². The summed E-state index contributed by atoms with van der Waals surface area (Å²) >= 11 is 0. The number of fused-ring (bicyclic) bond motifs is 3. The zero-order valence-electron chi connectivity index (χ0n) is 41.0. The lowest BCUT2D eigenvalue weighted by atomic mass is 9.94. The molecular weight excluding hydrogens is 1130 g/mol. The van der Waals surface area contributed by atoms with Crippen LogP contribution in [0.1, 0.15) is 25.1 Å². The number of aliphatic hydroxyl groups is 3. The number of nitrogens with one attached hydrogen (secondary N) is 3. The Kier molecular flexibility index (Phi) is 16.1. The zero-order valence-corrected chi connectivity index (χ0v) is 44.6. The van der Waals surface area contributed by atoms with Crippen LogP contribution < -0.4 is 42.6 Å². The number of phosphoric acid groups is 1. The molecule has 6 unspecified atom stereocenters. The van der Waals surface area contributed by atoms with Gasteiger partial charge in [0.05, 0.1) is 57.4 Å². The number of aryl methyl sites for hydroxylation is 1. The maximum absolute atomic E-state index is 14.4. The minimum Gasteiger partial charge on any atom is -0.778 e. The zero-order chi connectivity index (χ0) is 56.6. The lowest BCUT2D eigenvalue weighted by Crippen LogP contribution is -2.40. The smallest absolute Gasteiger partial charge is 0.480 e. The molecule has 0 spiro atoms. The number of nitrogen functional groups attached to an aromatic ring is 3. The lowest BCUT2D eigenvalue weighted by Gasteiger charge is -2.35. The molecule has 16 atom stereocenters. The predicted molar refractivity (Wildman–Crippen MR) is 258 cm³/mol. The van der Waals surface area contributed by atoms with Crippen molar-refractivity contribution < 1.29 is 94.5 Å².